The quantitative estimate of drug-likeness (QED) is 0.908. The van der Waals surface area contributed by atoms with E-state index in [4.69, 9.17) is 5.73 Å². The first kappa shape index (κ1) is 10.6. The Bertz CT molecular complexity index is 490. The molecule has 2 N–H and O–H groups in total. The Hall–Kier alpha value is -0.870. The van der Waals surface area contributed by atoms with Crippen LogP contribution in [0.4, 0.5) is 0 Å². The number of halogens is 1. The van der Waals surface area contributed by atoms with Gasteiger partial charge in [0, 0.05) is 11.5 Å². The van der Waals surface area contributed by atoms with Crippen LogP contribution in [0.2, 0.25) is 0 Å². The van der Waals surface area contributed by atoms with E-state index in [1.807, 2.05) is 24.0 Å². The average molecular weight is 268 g/mol. The molecule has 1 aromatic carbocycles. The summed E-state index contributed by atoms with van der Waals surface area (Å²) < 4.78 is 3.10. The standard InChI is InChI=1S/C11H14BrN3/c1-7(5-13)9-3-8(12)4-10-11(9)15(2)6-14-10/h3-4,6-7H,5,13H2,1-2H3. The van der Waals surface area contributed by atoms with Gasteiger partial charge in [-0.25, -0.2) is 4.98 Å². The lowest BCUT2D eigenvalue weighted by molar-refractivity contribution is 0.772. The molecular weight excluding hydrogens is 254 g/mol. The Kier molecular flexibility index (Phi) is 2.80. The molecule has 0 saturated carbocycles. The van der Waals surface area contributed by atoms with Crippen LogP contribution >= 0.6 is 15.9 Å². The summed E-state index contributed by atoms with van der Waals surface area (Å²) in [5.41, 5.74) is 9.16. The predicted molar refractivity (Wildman–Crippen MR) is 65.9 cm³/mol. The number of rotatable bonds is 2. The number of aryl methyl sites for hydroxylation is 1. The monoisotopic (exact) mass is 267 g/mol. The van der Waals surface area contributed by atoms with E-state index in [1.165, 1.54) is 11.1 Å². The van der Waals surface area contributed by atoms with Crippen molar-refractivity contribution in [2.24, 2.45) is 12.8 Å². The molecule has 0 aliphatic carbocycles. The summed E-state index contributed by atoms with van der Waals surface area (Å²) in [6.07, 6.45) is 1.84. The lowest BCUT2D eigenvalue weighted by Crippen LogP contribution is -2.10. The number of fused-ring (bicyclic) bond motifs is 1. The molecule has 3 nitrogen and oxygen atoms in total. The third-order valence-corrected chi connectivity index (χ3v) is 3.15. The maximum atomic E-state index is 5.72. The summed E-state index contributed by atoms with van der Waals surface area (Å²) in [6.45, 7) is 2.78. The van der Waals surface area contributed by atoms with Crippen molar-refractivity contribution in [1.29, 1.82) is 0 Å². The second-order valence-electron chi connectivity index (χ2n) is 3.85. The molecule has 80 valence electrons. The first-order valence-electron chi connectivity index (χ1n) is 4.94. The van der Waals surface area contributed by atoms with Crippen LogP contribution in [0.1, 0.15) is 18.4 Å². The van der Waals surface area contributed by atoms with E-state index >= 15 is 0 Å². The summed E-state index contributed by atoms with van der Waals surface area (Å²) >= 11 is 3.50. The van der Waals surface area contributed by atoms with Crippen molar-refractivity contribution >= 4 is 27.0 Å². The van der Waals surface area contributed by atoms with Gasteiger partial charge in [-0.05, 0) is 30.2 Å². The van der Waals surface area contributed by atoms with Crippen LogP contribution in [0, 0.1) is 0 Å². The van der Waals surface area contributed by atoms with E-state index in [0.717, 1.165) is 9.99 Å². The van der Waals surface area contributed by atoms with E-state index in [1.54, 1.807) is 0 Å². The van der Waals surface area contributed by atoms with Crippen molar-refractivity contribution in [3.63, 3.8) is 0 Å². The fourth-order valence-corrected chi connectivity index (χ4v) is 2.26. The van der Waals surface area contributed by atoms with Crippen LogP contribution < -0.4 is 5.73 Å². The maximum absolute atomic E-state index is 5.72. The van der Waals surface area contributed by atoms with Crippen LogP contribution in [-0.2, 0) is 7.05 Å². The molecule has 1 aromatic heterocycles. The van der Waals surface area contributed by atoms with Gasteiger partial charge in [0.15, 0.2) is 0 Å². The minimum Gasteiger partial charge on any atom is -0.333 e. The van der Waals surface area contributed by atoms with Gasteiger partial charge in [-0.1, -0.05) is 22.9 Å². The highest BCUT2D eigenvalue weighted by Crippen LogP contribution is 2.28. The third-order valence-electron chi connectivity index (χ3n) is 2.69. The first-order chi connectivity index (χ1) is 7.13. The predicted octanol–water partition coefficient (Wildman–Crippen LogP) is 2.40. The van der Waals surface area contributed by atoms with Gasteiger partial charge in [0.1, 0.15) is 0 Å². The van der Waals surface area contributed by atoms with Gasteiger partial charge >= 0.3 is 0 Å². The van der Waals surface area contributed by atoms with Crippen molar-refractivity contribution in [2.75, 3.05) is 6.54 Å². The Morgan fingerprint density at radius 3 is 2.93 bits per heavy atom. The van der Waals surface area contributed by atoms with E-state index in [9.17, 15) is 0 Å². The fraction of sp³-hybridized carbons (Fsp3) is 0.364. The zero-order chi connectivity index (χ0) is 11.0. The molecule has 1 unspecified atom stereocenters. The highest BCUT2D eigenvalue weighted by atomic mass is 79.9. The van der Waals surface area contributed by atoms with Crippen LogP contribution in [0.5, 0.6) is 0 Å². The molecule has 4 heteroatoms. The molecule has 0 radical (unpaired) electrons. The number of benzene rings is 1. The normalized spacial score (nSPS) is 13.3. The summed E-state index contributed by atoms with van der Waals surface area (Å²) in [5, 5.41) is 0. The Morgan fingerprint density at radius 1 is 1.53 bits per heavy atom. The molecule has 2 rings (SSSR count). The van der Waals surface area contributed by atoms with Crippen molar-refractivity contribution < 1.29 is 0 Å². The van der Waals surface area contributed by atoms with Crippen molar-refractivity contribution in [1.82, 2.24) is 9.55 Å². The SMILES string of the molecule is CC(CN)c1cc(Br)cc2ncn(C)c12. The van der Waals surface area contributed by atoms with E-state index < -0.39 is 0 Å². The second-order valence-corrected chi connectivity index (χ2v) is 4.77. The van der Waals surface area contributed by atoms with Crippen molar-refractivity contribution in [3.8, 4) is 0 Å². The smallest absolute Gasteiger partial charge is 0.0955 e. The van der Waals surface area contributed by atoms with Gasteiger partial charge in [0.05, 0.1) is 17.4 Å². The largest absolute Gasteiger partial charge is 0.333 e. The van der Waals surface area contributed by atoms with Gasteiger partial charge in [0.2, 0.25) is 0 Å². The number of imidazole rings is 1. The number of hydrogen-bond donors (Lipinski definition) is 1. The minimum absolute atomic E-state index is 0.348. The molecule has 0 aliphatic heterocycles. The molecule has 1 atom stereocenters. The van der Waals surface area contributed by atoms with Crippen LogP contribution in [-0.4, -0.2) is 16.1 Å². The molecule has 2 aromatic rings. The lowest BCUT2D eigenvalue weighted by Gasteiger charge is -2.12. The topological polar surface area (TPSA) is 43.8 Å². The third kappa shape index (κ3) is 1.79. The van der Waals surface area contributed by atoms with Gasteiger partial charge in [-0.3, -0.25) is 0 Å². The lowest BCUT2D eigenvalue weighted by atomic mass is 10.00. The Balaban J connectivity index is 2.74. The van der Waals surface area contributed by atoms with E-state index in [2.05, 4.69) is 33.9 Å². The Labute approximate surface area is 97.4 Å². The number of nitrogens with zero attached hydrogens (tertiary/aromatic N) is 2. The second kappa shape index (κ2) is 3.94. The highest BCUT2D eigenvalue weighted by Gasteiger charge is 2.12. The number of aromatic nitrogens is 2. The zero-order valence-electron chi connectivity index (χ0n) is 8.87. The van der Waals surface area contributed by atoms with Gasteiger partial charge in [-0.15, -0.1) is 0 Å². The van der Waals surface area contributed by atoms with Crippen LogP contribution in [0.3, 0.4) is 0 Å². The van der Waals surface area contributed by atoms with Crippen molar-refractivity contribution in [3.05, 3.63) is 28.5 Å². The molecule has 0 bridgehead atoms. The molecule has 1 heterocycles. The van der Waals surface area contributed by atoms with Crippen LogP contribution in [0.25, 0.3) is 11.0 Å². The molecule has 0 fully saturated rings. The summed E-state index contributed by atoms with van der Waals surface area (Å²) in [4.78, 5) is 4.35. The summed E-state index contributed by atoms with van der Waals surface area (Å²) in [7, 11) is 2.01. The average Bonchev–Trinajstić information content (AvgIpc) is 2.58. The molecule has 0 spiro atoms. The Morgan fingerprint density at radius 2 is 2.27 bits per heavy atom. The van der Waals surface area contributed by atoms with Gasteiger partial charge < -0.3 is 10.3 Å². The molecular formula is C11H14BrN3. The fourth-order valence-electron chi connectivity index (χ4n) is 1.80. The number of hydrogen-bond acceptors (Lipinski definition) is 2. The minimum atomic E-state index is 0.348. The summed E-state index contributed by atoms with van der Waals surface area (Å²) in [5.74, 6) is 0.348. The van der Waals surface area contributed by atoms with E-state index in [-0.39, 0.29) is 0 Å². The van der Waals surface area contributed by atoms with Crippen molar-refractivity contribution in [2.45, 2.75) is 12.8 Å². The molecule has 0 saturated heterocycles. The molecule has 0 amide bonds. The molecule has 0 aliphatic rings. The summed E-state index contributed by atoms with van der Waals surface area (Å²) in [6, 6.07) is 4.16. The van der Waals surface area contributed by atoms with E-state index in [0.29, 0.717) is 12.5 Å². The van der Waals surface area contributed by atoms with Gasteiger partial charge in [-0.2, -0.15) is 0 Å². The van der Waals surface area contributed by atoms with Gasteiger partial charge in [0.25, 0.3) is 0 Å². The maximum Gasteiger partial charge on any atom is 0.0955 e. The zero-order valence-corrected chi connectivity index (χ0v) is 10.5. The van der Waals surface area contributed by atoms with Crippen LogP contribution in [0.15, 0.2) is 22.9 Å². The number of nitrogens with two attached hydrogens (primary N) is 1. The highest BCUT2D eigenvalue weighted by molar-refractivity contribution is 9.10. The first-order valence-corrected chi connectivity index (χ1v) is 5.73. The molecule has 15 heavy (non-hydrogen) atoms.